The second-order valence-electron chi connectivity index (χ2n) is 5.41. The van der Waals surface area contributed by atoms with Crippen molar-refractivity contribution in [2.45, 2.75) is 39.0 Å². The lowest BCUT2D eigenvalue weighted by Gasteiger charge is -2.04. The summed E-state index contributed by atoms with van der Waals surface area (Å²) in [5.41, 5.74) is 7.18. The van der Waals surface area contributed by atoms with Crippen LogP contribution in [0, 0.1) is 6.92 Å². The summed E-state index contributed by atoms with van der Waals surface area (Å²) in [4.78, 5) is 25.2. The van der Waals surface area contributed by atoms with Gasteiger partial charge in [-0.2, -0.15) is 0 Å². The number of amides is 2. The van der Waals surface area contributed by atoms with Crippen LogP contribution in [0.3, 0.4) is 0 Å². The number of aryl methyl sites for hydroxylation is 2. The van der Waals surface area contributed by atoms with Gasteiger partial charge in [0.1, 0.15) is 10.8 Å². The molecule has 2 aromatic heterocycles. The first-order chi connectivity index (χ1) is 10.6. The number of nitrogens with two attached hydrogens (primary N) is 1. The molecule has 0 aliphatic heterocycles. The second kappa shape index (κ2) is 5.92. The van der Waals surface area contributed by atoms with Crippen LogP contribution in [0.4, 0.5) is 5.00 Å². The molecule has 3 N–H and O–H groups in total. The van der Waals surface area contributed by atoms with Crippen molar-refractivity contribution in [3.05, 3.63) is 33.5 Å². The molecule has 6 nitrogen and oxygen atoms in total. The quantitative estimate of drug-likeness (QED) is 0.850. The highest BCUT2D eigenvalue weighted by Gasteiger charge is 2.25. The highest BCUT2D eigenvalue weighted by Crippen LogP contribution is 2.37. The average Bonchev–Trinajstić information content (AvgIpc) is 2.96. The first kappa shape index (κ1) is 14.8. The number of hydrogen-bond acceptors (Lipinski definition) is 5. The summed E-state index contributed by atoms with van der Waals surface area (Å²) in [5.74, 6) is -0.330. The van der Waals surface area contributed by atoms with Crippen LogP contribution in [0.1, 0.15) is 56.3 Å². The third kappa shape index (κ3) is 2.76. The second-order valence-corrected chi connectivity index (χ2v) is 6.51. The fourth-order valence-electron chi connectivity index (χ4n) is 2.73. The van der Waals surface area contributed by atoms with Gasteiger partial charge in [-0.05, 0) is 38.2 Å². The number of nitrogens with one attached hydrogen (secondary N) is 1. The predicted octanol–water partition coefficient (Wildman–Crippen LogP) is 2.66. The summed E-state index contributed by atoms with van der Waals surface area (Å²) < 4.78 is 4.90. The molecule has 0 radical (unpaired) electrons. The summed E-state index contributed by atoms with van der Waals surface area (Å²) in [6.07, 6.45) is 5.06. The highest BCUT2D eigenvalue weighted by atomic mass is 32.1. The zero-order chi connectivity index (χ0) is 15.7. The van der Waals surface area contributed by atoms with Gasteiger partial charge in [-0.15, -0.1) is 11.3 Å². The first-order valence-corrected chi connectivity index (χ1v) is 8.07. The number of primary amides is 1. The Balaban J connectivity index is 1.93. The van der Waals surface area contributed by atoms with Gasteiger partial charge in [0.25, 0.3) is 11.8 Å². The van der Waals surface area contributed by atoms with Gasteiger partial charge in [0.2, 0.25) is 0 Å². The number of rotatable bonds is 3. The Labute approximate surface area is 131 Å². The molecular formula is C15H17N3O3S. The molecule has 7 heteroatoms. The Bertz CT molecular complexity index is 732. The molecule has 1 aliphatic rings. The van der Waals surface area contributed by atoms with Gasteiger partial charge in [0, 0.05) is 10.9 Å². The molecule has 1 aliphatic carbocycles. The van der Waals surface area contributed by atoms with Crippen LogP contribution < -0.4 is 11.1 Å². The molecule has 0 unspecified atom stereocenters. The van der Waals surface area contributed by atoms with Crippen LogP contribution in [0.15, 0.2) is 10.6 Å². The maximum absolute atomic E-state index is 12.2. The number of aromatic nitrogens is 1. The molecule has 0 saturated carbocycles. The average molecular weight is 319 g/mol. The summed E-state index contributed by atoms with van der Waals surface area (Å²) in [6, 6.07) is 1.55. The molecule has 116 valence electrons. The van der Waals surface area contributed by atoms with Gasteiger partial charge >= 0.3 is 0 Å². The van der Waals surface area contributed by atoms with Gasteiger partial charge in [-0.1, -0.05) is 11.6 Å². The molecule has 2 heterocycles. The van der Waals surface area contributed by atoms with E-state index in [1.54, 1.807) is 13.0 Å². The minimum absolute atomic E-state index is 0.191. The minimum Gasteiger partial charge on any atom is -0.365 e. The van der Waals surface area contributed by atoms with Crippen LogP contribution in [0.5, 0.6) is 0 Å². The van der Waals surface area contributed by atoms with Crippen molar-refractivity contribution < 1.29 is 14.1 Å². The molecule has 0 bridgehead atoms. The topological polar surface area (TPSA) is 98.2 Å². The Morgan fingerprint density at radius 1 is 1.32 bits per heavy atom. The molecule has 0 saturated heterocycles. The maximum atomic E-state index is 12.2. The maximum Gasteiger partial charge on any atom is 0.278 e. The smallest absolute Gasteiger partial charge is 0.278 e. The van der Waals surface area contributed by atoms with Crippen LogP contribution in [0.25, 0.3) is 0 Å². The van der Waals surface area contributed by atoms with Crippen LogP contribution in [-0.4, -0.2) is 17.0 Å². The fraction of sp³-hybridized carbons (Fsp3) is 0.400. The molecule has 0 fully saturated rings. The third-order valence-electron chi connectivity index (χ3n) is 3.76. The van der Waals surface area contributed by atoms with Gasteiger partial charge in [-0.3, -0.25) is 9.59 Å². The van der Waals surface area contributed by atoms with E-state index in [1.807, 2.05) is 0 Å². The van der Waals surface area contributed by atoms with Crippen molar-refractivity contribution in [2.75, 3.05) is 5.32 Å². The number of thiophene rings is 1. The summed E-state index contributed by atoms with van der Waals surface area (Å²) >= 11 is 1.44. The summed E-state index contributed by atoms with van der Waals surface area (Å²) in [5, 5.41) is 6.96. The molecule has 2 aromatic rings. The Morgan fingerprint density at radius 2 is 2.09 bits per heavy atom. The standard InChI is InChI=1S/C15H17N3O3S/c1-8-7-10(18-21-8)14(20)17-15-12(13(16)19)9-5-3-2-4-6-11(9)22-15/h7H,2-6H2,1H3,(H2,16,19)(H,17,20). The lowest BCUT2D eigenvalue weighted by atomic mass is 10.1. The first-order valence-electron chi connectivity index (χ1n) is 7.25. The number of carbonyl (C=O) groups excluding carboxylic acids is 2. The SMILES string of the molecule is Cc1cc(C(=O)Nc2sc3c(c2C(N)=O)CCCCC3)no1. The van der Waals surface area contributed by atoms with Gasteiger partial charge < -0.3 is 15.6 Å². The monoisotopic (exact) mass is 319 g/mol. The van der Waals surface area contributed by atoms with Crippen molar-refractivity contribution in [2.24, 2.45) is 5.73 Å². The lowest BCUT2D eigenvalue weighted by Crippen LogP contribution is -2.18. The number of carbonyl (C=O) groups is 2. The largest absolute Gasteiger partial charge is 0.365 e. The normalized spacial score (nSPS) is 14.2. The number of nitrogens with zero attached hydrogens (tertiary/aromatic N) is 1. The minimum atomic E-state index is -0.494. The third-order valence-corrected chi connectivity index (χ3v) is 4.96. The van der Waals surface area contributed by atoms with Crippen molar-refractivity contribution in [3.63, 3.8) is 0 Å². The van der Waals surface area contributed by atoms with Crippen molar-refractivity contribution in [1.82, 2.24) is 5.16 Å². The molecule has 0 aromatic carbocycles. The van der Waals surface area contributed by atoms with Crippen molar-refractivity contribution in [1.29, 1.82) is 0 Å². The van der Waals surface area contributed by atoms with E-state index >= 15 is 0 Å². The van der Waals surface area contributed by atoms with Gasteiger partial charge in [0.05, 0.1) is 5.56 Å². The van der Waals surface area contributed by atoms with Gasteiger partial charge in [-0.25, -0.2) is 0 Å². The van der Waals surface area contributed by atoms with Crippen LogP contribution in [-0.2, 0) is 12.8 Å². The van der Waals surface area contributed by atoms with E-state index in [0.29, 0.717) is 16.3 Å². The molecule has 22 heavy (non-hydrogen) atoms. The fourth-order valence-corrected chi connectivity index (χ4v) is 4.02. The molecule has 0 atom stereocenters. The number of fused-ring (bicyclic) bond motifs is 1. The van der Waals surface area contributed by atoms with Crippen LogP contribution >= 0.6 is 11.3 Å². The van der Waals surface area contributed by atoms with E-state index in [0.717, 1.165) is 42.5 Å². The van der Waals surface area contributed by atoms with Crippen molar-refractivity contribution in [3.8, 4) is 0 Å². The van der Waals surface area contributed by atoms with Gasteiger partial charge in [0.15, 0.2) is 5.69 Å². The highest BCUT2D eigenvalue weighted by molar-refractivity contribution is 7.17. The lowest BCUT2D eigenvalue weighted by molar-refractivity contribution is 0.100. The van der Waals surface area contributed by atoms with Crippen molar-refractivity contribution >= 4 is 28.2 Å². The summed E-state index contributed by atoms with van der Waals surface area (Å²) in [7, 11) is 0. The predicted molar refractivity (Wildman–Crippen MR) is 83.3 cm³/mol. The number of anilines is 1. The number of hydrogen-bond donors (Lipinski definition) is 2. The van der Waals surface area contributed by atoms with E-state index in [-0.39, 0.29) is 5.69 Å². The van der Waals surface area contributed by atoms with E-state index in [9.17, 15) is 9.59 Å². The zero-order valence-corrected chi connectivity index (χ0v) is 13.1. The molecular weight excluding hydrogens is 302 g/mol. The van der Waals surface area contributed by atoms with E-state index in [2.05, 4.69) is 10.5 Å². The zero-order valence-electron chi connectivity index (χ0n) is 12.3. The molecule has 2 amide bonds. The Kier molecular flexibility index (Phi) is 3.98. The van der Waals surface area contributed by atoms with Crippen LogP contribution in [0.2, 0.25) is 0 Å². The molecule has 0 spiro atoms. The Morgan fingerprint density at radius 3 is 2.77 bits per heavy atom. The Hall–Kier alpha value is -2.15. The van der Waals surface area contributed by atoms with E-state index in [1.165, 1.54) is 11.3 Å². The summed E-state index contributed by atoms with van der Waals surface area (Å²) in [6.45, 7) is 1.71. The van der Waals surface area contributed by atoms with E-state index in [4.69, 9.17) is 10.3 Å². The van der Waals surface area contributed by atoms with E-state index < -0.39 is 11.8 Å². The molecule has 3 rings (SSSR count).